The van der Waals surface area contributed by atoms with Crippen LogP contribution in [0.3, 0.4) is 0 Å². The van der Waals surface area contributed by atoms with Gasteiger partial charge in [0.1, 0.15) is 19.2 Å². The molecule has 1 amide bonds. The molecule has 5 N–H and O–H groups in total. The summed E-state index contributed by atoms with van der Waals surface area (Å²) >= 11 is 0. The van der Waals surface area contributed by atoms with E-state index in [1.807, 2.05) is 30.3 Å². The number of ether oxygens (including phenoxy) is 1. The summed E-state index contributed by atoms with van der Waals surface area (Å²) in [5.41, 5.74) is 10.5. The zero-order valence-corrected chi connectivity index (χ0v) is 11.2. The maximum Gasteiger partial charge on any atom is 0.322 e. The van der Waals surface area contributed by atoms with Crippen molar-refractivity contribution in [3.8, 4) is 0 Å². The van der Waals surface area contributed by atoms with Crippen LogP contribution in [0.15, 0.2) is 30.3 Å². The third-order valence-corrected chi connectivity index (χ3v) is 2.46. The van der Waals surface area contributed by atoms with Crippen LogP contribution in [0.2, 0.25) is 0 Å². The molecule has 1 aromatic rings. The van der Waals surface area contributed by atoms with Crippen LogP contribution in [-0.2, 0) is 25.7 Å². The minimum absolute atomic E-state index is 0.130. The fourth-order valence-electron chi connectivity index (χ4n) is 1.44. The SMILES string of the molecule is NC(=O)C[C@H](NNCC(=O)OCc1ccccc1)C(=O)O. The van der Waals surface area contributed by atoms with Crippen LogP contribution in [0.1, 0.15) is 12.0 Å². The second-order valence-corrected chi connectivity index (χ2v) is 4.21. The summed E-state index contributed by atoms with van der Waals surface area (Å²) in [4.78, 5) is 32.9. The highest BCUT2D eigenvalue weighted by molar-refractivity contribution is 5.83. The van der Waals surface area contributed by atoms with Crippen LogP contribution < -0.4 is 16.6 Å². The summed E-state index contributed by atoms with van der Waals surface area (Å²) in [6, 6.07) is 7.92. The first-order valence-corrected chi connectivity index (χ1v) is 6.18. The van der Waals surface area contributed by atoms with Gasteiger partial charge in [-0.2, -0.15) is 0 Å². The third-order valence-electron chi connectivity index (χ3n) is 2.46. The molecule has 0 saturated carbocycles. The van der Waals surface area contributed by atoms with Gasteiger partial charge in [-0.1, -0.05) is 30.3 Å². The Kier molecular flexibility index (Phi) is 6.85. The van der Waals surface area contributed by atoms with Gasteiger partial charge in [-0.15, -0.1) is 0 Å². The van der Waals surface area contributed by atoms with E-state index in [-0.39, 0.29) is 19.6 Å². The molecule has 114 valence electrons. The number of amides is 1. The molecule has 1 rings (SSSR count). The number of hydrazine groups is 1. The van der Waals surface area contributed by atoms with Crippen molar-refractivity contribution in [2.45, 2.75) is 19.1 Å². The largest absolute Gasteiger partial charge is 0.480 e. The second kappa shape index (κ2) is 8.67. The number of aliphatic carboxylic acids is 1. The molecule has 0 aliphatic heterocycles. The third kappa shape index (κ3) is 7.04. The minimum Gasteiger partial charge on any atom is -0.480 e. The number of carboxylic acids is 1. The normalized spacial score (nSPS) is 11.6. The van der Waals surface area contributed by atoms with Crippen molar-refractivity contribution in [3.63, 3.8) is 0 Å². The van der Waals surface area contributed by atoms with Gasteiger partial charge in [-0.3, -0.25) is 14.4 Å². The first kappa shape index (κ1) is 16.6. The Morgan fingerprint density at radius 2 is 1.90 bits per heavy atom. The standard InChI is InChI=1S/C13H17N3O5/c14-11(17)6-10(13(19)20)16-15-7-12(18)21-8-9-4-2-1-3-5-9/h1-5,10,15-16H,6-8H2,(H2,14,17)(H,19,20)/t10-/m0/s1. The number of esters is 1. The summed E-state index contributed by atoms with van der Waals surface area (Å²) in [5.74, 6) is -2.57. The Bertz CT molecular complexity index is 492. The van der Waals surface area contributed by atoms with Gasteiger partial charge >= 0.3 is 11.9 Å². The molecule has 1 aromatic carbocycles. The molecule has 0 radical (unpaired) electrons. The molecule has 0 aliphatic rings. The highest BCUT2D eigenvalue weighted by atomic mass is 16.5. The van der Waals surface area contributed by atoms with E-state index in [4.69, 9.17) is 15.6 Å². The monoisotopic (exact) mass is 295 g/mol. The number of nitrogens with one attached hydrogen (secondary N) is 2. The van der Waals surface area contributed by atoms with E-state index < -0.39 is 23.9 Å². The molecule has 0 saturated heterocycles. The maximum atomic E-state index is 11.4. The van der Waals surface area contributed by atoms with Crippen molar-refractivity contribution in [2.24, 2.45) is 5.73 Å². The molecule has 0 bridgehead atoms. The summed E-state index contributed by atoms with van der Waals surface area (Å²) in [5, 5.41) is 8.81. The van der Waals surface area contributed by atoms with Crippen LogP contribution in [-0.4, -0.2) is 35.5 Å². The predicted octanol–water partition coefficient (Wildman–Crippen LogP) is -0.847. The molecule has 0 spiro atoms. The number of hydrogen-bond acceptors (Lipinski definition) is 6. The summed E-state index contributed by atoms with van der Waals surface area (Å²) < 4.78 is 4.97. The minimum atomic E-state index is -1.25. The van der Waals surface area contributed by atoms with E-state index in [1.165, 1.54) is 0 Å². The first-order chi connectivity index (χ1) is 9.99. The first-order valence-electron chi connectivity index (χ1n) is 6.18. The van der Waals surface area contributed by atoms with Crippen LogP contribution in [0.5, 0.6) is 0 Å². The lowest BCUT2D eigenvalue weighted by atomic mass is 10.2. The van der Waals surface area contributed by atoms with Gasteiger partial charge in [0.2, 0.25) is 5.91 Å². The lowest BCUT2D eigenvalue weighted by molar-refractivity contribution is -0.145. The van der Waals surface area contributed by atoms with Gasteiger partial charge in [-0.25, -0.2) is 10.9 Å². The molecule has 8 heteroatoms. The van der Waals surface area contributed by atoms with Crippen molar-refractivity contribution in [1.29, 1.82) is 0 Å². The average Bonchev–Trinajstić information content (AvgIpc) is 2.44. The van der Waals surface area contributed by atoms with E-state index in [9.17, 15) is 14.4 Å². The number of nitrogens with two attached hydrogens (primary N) is 1. The molecule has 1 atom stereocenters. The smallest absolute Gasteiger partial charge is 0.322 e. The average molecular weight is 295 g/mol. The predicted molar refractivity (Wildman–Crippen MR) is 72.6 cm³/mol. The number of benzene rings is 1. The number of hydrogen-bond donors (Lipinski definition) is 4. The Balaban J connectivity index is 2.26. The summed E-state index contributed by atoms with van der Waals surface area (Å²) in [6.45, 7) is -0.111. The van der Waals surface area contributed by atoms with Crippen molar-refractivity contribution in [2.75, 3.05) is 6.54 Å². The quantitative estimate of drug-likeness (QED) is 0.345. The molecule has 0 aliphatic carbocycles. The Morgan fingerprint density at radius 3 is 2.48 bits per heavy atom. The Morgan fingerprint density at radius 1 is 1.24 bits per heavy atom. The van der Waals surface area contributed by atoms with Crippen LogP contribution in [0.25, 0.3) is 0 Å². The van der Waals surface area contributed by atoms with Gasteiger partial charge in [0, 0.05) is 0 Å². The van der Waals surface area contributed by atoms with Crippen molar-refractivity contribution >= 4 is 17.8 Å². The molecule has 0 aromatic heterocycles. The maximum absolute atomic E-state index is 11.4. The molecular weight excluding hydrogens is 278 g/mol. The van der Waals surface area contributed by atoms with Gasteiger partial charge in [-0.05, 0) is 5.56 Å². The highest BCUT2D eigenvalue weighted by Crippen LogP contribution is 2.00. The van der Waals surface area contributed by atoms with Crippen LogP contribution >= 0.6 is 0 Å². The lowest BCUT2D eigenvalue weighted by Gasteiger charge is -2.13. The summed E-state index contributed by atoms with van der Waals surface area (Å²) in [7, 11) is 0. The van der Waals surface area contributed by atoms with Crippen molar-refractivity contribution < 1.29 is 24.2 Å². The molecule has 21 heavy (non-hydrogen) atoms. The van der Waals surface area contributed by atoms with E-state index in [0.29, 0.717) is 0 Å². The van der Waals surface area contributed by atoms with E-state index >= 15 is 0 Å². The zero-order chi connectivity index (χ0) is 15.7. The number of carboxylic acid groups (broad SMARTS) is 1. The fraction of sp³-hybridized carbons (Fsp3) is 0.308. The molecular formula is C13H17N3O5. The van der Waals surface area contributed by atoms with Crippen molar-refractivity contribution in [1.82, 2.24) is 10.9 Å². The Labute approximate surface area is 121 Å². The number of carbonyl (C=O) groups excluding carboxylic acids is 2. The van der Waals surface area contributed by atoms with Gasteiger partial charge < -0.3 is 15.6 Å². The topological polar surface area (TPSA) is 131 Å². The number of carbonyl (C=O) groups is 3. The van der Waals surface area contributed by atoms with Crippen LogP contribution in [0.4, 0.5) is 0 Å². The number of primary amides is 1. The van der Waals surface area contributed by atoms with Gasteiger partial charge in [0.05, 0.1) is 6.42 Å². The van der Waals surface area contributed by atoms with Crippen molar-refractivity contribution in [3.05, 3.63) is 35.9 Å². The van der Waals surface area contributed by atoms with Gasteiger partial charge in [0.15, 0.2) is 0 Å². The van der Waals surface area contributed by atoms with E-state index in [1.54, 1.807) is 0 Å². The molecule has 0 unspecified atom stereocenters. The molecule has 0 fully saturated rings. The highest BCUT2D eigenvalue weighted by Gasteiger charge is 2.19. The zero-order valence-electron chi connectivity index (χ0n) is 11.2. The number of rotatable bonds is 9. The summed E-state index contributed by atoms with van der Waals surface area (Å²) in [6.07, 6.45) is -0.388. The molecule has 0 heterocycles. The second-order valence-electron chi connectivity index (χ2n) is 4.21. The van der Waals surface area contributed by atoms with Gasteiger partial charge in [0.25, 0.3) is 0 Å². The Hall–Kier alpha value is -2.45. The fourth-order valence-corrected chi connectivity index (χ4v) is 1.44. The van der Waals surface area contributed by atoms with Crippen LogP contribution in [0, 0.1) is 0 Å². The van der Waals surface area contributed by atoms with E-state index in [2.05, 4.69) is 10.9 Å². The van der Waals surface area contributed by atoms with E-state index in [0.717, 1.165) is 5.56 Å². The molecule has 8 nitrogen and oxygen atoms in total. The lowest BCUT2D eigenvalue weighted by Crippen LogP contribution is -2.49.